The lowest BCUT2D eigenvalue weighted by Gasteiger charge is -2.16. The number of aryl methyl sites for hydroxylation is 1. The standard InChI is InChI=1S/C12H12N4O4S/c1-7-9(11(18)19)10(21-14-7)15(2)8(17)6-16-5-3-4-13-12(16)20/h3-5H,6H2,1-2H3,(H,18,19). The molecule has 8 nitrogen and oxygen atoms in total. The smallest absolute Gasteiger partial charge is 0.347 e. The molecule has 110 valence electrons. The summed E-state index contributed by atoms with van der Waals surface area (Å²) in [5.74, 6) is -1.58. The van der Waals surface area contributed by atoms with E-state index in [1.54, 1.807) is 6.92 Å². The molecule has 2 rings (SSSR count). The molecule has 2 aromatic rings. The lowest BCUT2D eigenvalue weighted by atomic mass is 10.2. The topological polar surface area (TPSA) is 105 Å². The first kappa shape index (κ1) is 14.9. The molecule has 0 aliphatic carbocycles. The van der Waals surface area contributed by atoms with Crippen LogP contribution in [0.1, 0.15) is 16.1 Å². The van der Waals surface area contributed by atoms with E-state index in [1.165, 1.54) is 30.4 Å². The Morgan fingerprint density at radius 2 is 2.19 bits per heavy atom. The predicted octanol–water partition coefficient (Wildman–Crippen LogP) is 0.369. The molecule has 0 saturated heterocycles. The largest absolute Gasteiger partial charge is 0.478 e. The van der Waals surface area contributed by atoms with Gasteiger partial charge in [-0.25, -0.2) is 14.6 Å². The quantitative estimate of drug-likeness (QED) is 0.874. The van der Waals surface area contributed by atoms with Gasteiger partial charge in [-0.1, -0.05) is 0 Å². The van der Waals surface area contributed by atoms with E-state index in [-0.39, 0.29) is 17.1 Å². The van der Waals surface area contributed by atoms with E-state index >= 15 is 0 Å². The SMILES string of the molecule is Cc1nsc(N(C)C(=O)Cn2cccnc2=O)c1C(=O)O. The molecule has 0 atom stereocenters. The summed E-state index contributed by atoms with van der Waals surface area (Å²) in [5, 5.41) is 9.40. The van der Waals surface area contributed by atoms with E-state index < -0.39 is 17.6 Å². The van der Waals surface area contributed by atoms with Gasteiger partial charge in [0.25, 0.3) is 0 Å². The molecule has 21 heavy (non-hydrogen) atoms. The summed E-state index contributed by atoms with van der Waals surface area (Å²) < 4.78 is 5.10. The third kappa shape index (κ3) is 2.97. The summed E-state index contributed by atoms with van der Waals surface area (Å²) >= 11 is 0.927. The summed E-state index contributed by atoms with van der Waals surface area (Å²) in [6.07, 6.45) is 2.78. The highest BCUT2D eigenvalue weighted by Crippen LogP contribution is 2.27. The molecule has 1 N–H and O–H groups in total. The van der Waals surface area contributed by atoms with Crippen LogP contribution < -0.4 is 10.6 Å². The zero-order chi connectivity index (χ0) is 15.6. The van der Waals surface area contributed by atoms with Gasteiger partial charge in [-0.05, 0) is 24.5 Å². The minimum absolute atomic E-state index is 0.00520. The summed E-state index contributed by atoms with van der Waals surface area (Å²) in [7, 11) is 1.45. The highest BCUT2D eigenvalue weighted by Gasteiger charge is 2.24. The number of anilines is 1. The van der Waals surface area contributed by atoms with Gasteiger partial charge < -0.3 is 10.0 Å². The molecule has 0 radical (unpaired) electrons. The minimum Gasteiger partial charge on any atom is -0.478 e. The average Bonchev–Trinajstić information content (AvgIpc) is 2.82. The Hall–Kier alpha value is -2.55. The minimum atomic E-state index is -1.14. The molecule has 2 aromatic heterocycles. The Balaban J connectivity index is 2.27. The van der Waals surface area contributed by atoms with E-state index in [2.05, 4.69) is 9.36 Å². The number of nitrogens with zero attached hydrogens (tertiary/aromatic N) is 4. The van der Waals surface area contributed by atoms with Crippen LogP contribution >= 0.6 is 11.5 Å². The monoisotopic (exact) mass is 308 g/mol. The fourth-order valence-corrected chi connectivity index (χ4v) is 2.57. The van der Waals surface area contributed by atoms with Gasteiger partial charge >= 0.3 is 11.7 Å². The molecule has 0 bridgehead atoms. The molecule has 0 aliphatic rings. The number of carbonyl (C=O) groups is 2. The van der Waals surface area contributed by atoms with Gasteiger partial charge in [-0.3, -0.25) is 9.36 Å². The maximum absolute atomic E-state index is 12.2. The number of aromatic carboxylic acids is 1. The van der Waals surface area contributed by atoms with E-state index in [0.717, 1.165) is 16.1 Å². The zero-order valence-corrected chi connectivity index (χ0v) is 12.1. The average molecular weight is 308 g/mol. The molecule has 9 heteroatoms. The summed E-state index contributed by atoms with van der Waals surface area (Å²) in [6, 6.07) is 1.54. The number of carboxylic acids is 1. The second-order valence-electron chi connectivity index (χ2n) is 4.24. The molecule has 2 heterocycles. The van der Waals surface area contributed by atoms with Crippen LogP contribution in [0, 0.1) is 6.92 Å². The fraction of sp³-hybridized carbons (Fsp3) is 0.250. The summed E-state index contributed by atoms with van der Waals surface area (Å²) in [5.41, 5.74) is -0.201. The summed E-state index contributed by atoms with van der Waals surface area (Å²) in [4.78, 5) is 39.6. The van der Waals surface area contributed by atoms with Gasteiger partial charge in [0, 0.05) is 19.4 Å². The first-order valence-corrected chi connectivity index (χ1v) is 6.66. The van der Waals surface area contributed by atoms with Gasteiger partial charge in [0.2, 0.25) is 5.91 Å². The van der Waals surface area contributed by atoms with E-state index in [0.29, 0.717) is 5.69 Å². The van der Waals surface area contributed by atoms with Crippen molar-refractivity contribution in [2.45, 2.75) is 13.5 Å². The number of aromatic nitrogens is 3. The van der Waals surface area contributed by atoms with E-state index in [9.17, 15) is 14.4 Å². The molecule has 0 saturated carbocycles. The Morgan fingerprint density at radius 3 is 2.81 bits per heavy atom. The first-order valence-electron chi connectivity index (χ1n) is 5.89. The van der Waals surface area contributed by atoms with Gasteiger partial charge in [0.05, 0.1) is 5.69 Å². The van der Waals surface area contributed by atoms with Crippen molar-refractivity contribution in [3.05, 3.63) is 40.2 Å². The van der Waals surface area contributed by atoms with Crippen molar-refractivity contribution < 1.29 is 14.7 Å². The number of hydrogen-bond acceptors (Lipinski definition) is 6. The highest BCUT2D eigenvalue weighted by atomic mass is 32.1. The Labute approximate surface area is 123 Å². The van der Waals surface area contributed by atoms with Crippen LogP contribution in [0.4, 0.5) is 5.00 Å². The Kier molecular flexibility index (Phi) is 4.13. The van der Waals surface area contributed by atoms with Crippen molar-refractivity contribution in [2.24, 2.45) is 0 Å². The number of carboxylic acid groups (broad SMARTS) is 1. The van der Waals surface area contributed by atoms with Gasteiger partial charge in [-0.15, -0.1) is 0 Å². The van der Waals surface area contributed by atoms with Crippen LogP contribution in [0.3, 0.4) is 0 Å². The highest BCUT2D eigenvalue weighted by molar-refractivity contribution is 7.11. The van der Waals surface area contributed by atoms with Crippen LogP contribution in [0.2, 0.25) is 0 Å². The number of rotatable bonds is 4. The van der Waals surface area contributed by atoms with Crippen LogP contribution in [0.15, 0.2) is 23.3 Å². The Morgan fingerprint density at radius 1 is 1.48 bits per heavy atom. The number of hydrogen-bond donors (Lipinski definition) is 1. The first-order chi connectivity index (χ1) is 9.91. The van der Waals surface area contributed by atoms with Crippen molar-refractivity contribution in [3.8, 4) is 0 Å². The molecule has 1 amide bonds. The van der Waals surface area contributed by atoms with Crippen molar-refractivity contribution >= 4 is 28.4 Å². The van der Waals surface area contributed by atoms with Crippen molar-refractivity contribution in [2.75, 3.05) is 11.9 Å². The lowest BCUT2D eigenvalue weighted by molar-refractivity contribution is -0.118. The number of carbonyl (C=O) groups excluding carboxylic acids is 1. The van der Waals surface area contributed by atoms with Crippen molar-refractivity contribution in [1.29, 1.82) is 0 Å². The van der Waals surface area contributed by atoms with Crippen LogP contribution in [0.5, 0.6) is 0 Å². The molecular weight excluding hydrogens is 296 g/mol. The lowest BCUT2D eigenvalue weighted by Crippen LogP contribution is -2.34. The second-order valence-corrected chi connectivity index (χ2v) is 4.99. The van der Waals surface area contributed by atoms with Crippen LogP contribution in [-0.4, -0.2) is 38.0 Å². The molecule has 0 unspecified atom stereocenters. The zero-order valence-electron chi connectivity index (χ0n) is 11.3. The number of likely N-dealkylation sites (N-methyl/N-ethyl adjacent to an activating group) is 1. The van der Waals surface area contributed by atoms with Crippen LogP contribution in [0.25, 0.3) is 0 Å². The molecule has 0 aromatic carbocycles. The molecular formula is C12H12N4O4S. The second kappa shape index (κ2) is 5.83. The number of amides is 1. The van der Waals surface area contributed by atoms with Crippen molar-refractivity contribution in [3.63, 3.8) is 0 Å². The third-order valence-corrected chi connectivity index (χ3v) is 3.84. The van der Waals surface area contributed by atoms with E-state index in [4.69, 9.17) is 5.11 Å². The Bertz CT molecular complexity index is 752. The van der Waals surface area contributed by atoms with Gasteiger partial charge in [0.15, 0.2) is 0 Å². The third-order valence-electron chi connectivity index (χ3n) is 2.83. The maximum Gasteiger partial charge on any atom is 0.347 e. The van der Waals surface area contributed by atoms with Crippen LogP contribution in [-0.2, 0) is 11.3 Å². The van der Waals surface area contributed by atoms with Gasteiger partial charge in [0.1, 0.15) is 17.1 Å². The molecule has 0 aliphatic heterocycles. The molecule has 0 spiro atoms. The van der Waals surface area contributed by atoms with E-state index in [1.807, 2.05) is 0 Å². The van der Waals surface area contributed by atoms with Gasteiger partial charge in [-0.2, -0.15) is 4.37 Å². The maximum atomic E-state index is 12.2. The van der Waals surface area contributed by atoms with Crippen molar-refractivity contribution in [1.82, 2.24) is 13.9 Å². The summed E-state index contributed by atoms with van der Waals surface area (Å²) in [6.45, 7) is 1.34. The predicted molar refractivity (Wildman–Crippen MR) is 75.7 cm³/mol. The fourth-order valence-electron chi connectivity index (χ4n) is 1.71. The molecule has 0 fully saturated rings. The normalized spacial score (nSPS) is 10.4.